The Labute approximate surface area is 156 Å². The zero-order chi connectivity index (χ0) is 18.7. The molecule has 1 heterocycles. The minimum atomic E-state index is -0.724. The molecule has 0 bridgehead atoms. The van der Waals surface area contributed by atoms with Crippen LogP contribution in [0.3, 0.4) is 0 Å². The third kappa shape index (κ3) is 3.63. The number of rotatable bonds is 4. The number of carbonyl (C=O) groups excluding carboxylic acids is 1. The molecule has 7 nitrogen and oxygen atoms in total. The van der Waals surface area contributed by atoms with Gasteiger partial charge < -0.3 is 10.4 Å². The highest BCUT2D eigenvalue weighted by Crippen LogP contribution is 2.29. The molecular weight excluding hydrogens is 342 g/mol. The number of nitrogens with zero attached hydrogens (tertiary/aromatic N) is 3. The zero-order valence-electron chi connectivity index (χ0n) is 14.6. The normalized spacial score (nSPS) is 14.4. The van der Waals surface area contributed by atoms with Gasteiger partial charge in [-0.15, -0.1) is 5.10 Å². The van der Waals surface area contributed by atoms with Crippen LogP contribution in [0.4, 0.5) is 10.7 Å². The SMILES string of the molecule is O=C(Nc1nncc(-c2ccccc2)n1)NC1(CO)Cc2ccccc2C1. The van der Waals surface area contributed by atoms with Crippen LogP contribution in [0.15, 0.2) is 60.8 Å². The number of aliphatic hydroxyl groups excluding tert-OH is 1. The number of urea groups is 1. The number of fused-ring (bicyclic) bond motifs is 1. The smallest absolute Gasteiger partial charge is 0.322 e. The molecular formula is C20H19N5O2. The van der Waals surface area contributed by atoms with Gasteiger partial charge in [-0.3, -0.25) is 5.32 Å². The van der Waals surface area contributed by atoms with Gasteiger partial charge in [0.15, 0.2) is 0 Å². The Kier molecular flexibility index (Phi) is 4.52. The van der Waals surface area contributed by atoms with Crippen molar-refractivity contribution in [3.05, 3.63) is 71.9 Å². The van der Waals surface area contributed by atoms with Crippen molar-refractivity contribution in [3.8, 4) is 11.3 Å². The fraction of sp³-hybridized carbons (Fsp3) is 0.200. The van der Waals surface area contributed by atoms with E-state index in [1.54, 1.807) is 6.20 Å². The lowest BCUT2D eigenvalue weighted by atomic mass is 9.97. The van der Waals surface area contributed by atoms with Crippen molar-refractivity contribution < 1.29 is 9.90 Å². The van der Waals surface area contributed by atoms with E-state index in [0.29, 0.717) is 18.5 Å². The molecule has 3 N–H and O–H groups in total. The van der Waals surface area contributed by atoms with Crippen LogP contribution in [0.25, 0.3) is 11.3 Å². The maximum absolute atomic E-state index is 12.5. The molecule has 0 spiro atoms. The quantitative estimate of drug-likeness (QED) is 0.661. The summed E-state index contributed by atoms with van der Waals surface area (Å²) in [5.41, 5.74) is 3.05. The van der Waals surface area contributed by atoms with Crippen LogP contribution in [-0.2, 0) is 12.8 Å². The number of carbonyl (C=O) groups is 1. The third-order valence-corrected chi connectivity index (χ3v) is 4.71. The van der Waals surface area contributed by atoms with Gasteiger partial charge in [-0.05, 0) is 24.0 Å². The Bertz CT molecular complexity index is 936. The van der Waals surface area contributed by atoms with E-state index in [4.69, 9.17) is 0 Å². The number of anilines is 1. The molecule has 0 fully saturated rings. The van der Waals surface area contributed by atoms with Gasteiger partial charge in [0.05, 0.1) is 24.0 Å². The lowest BCUT2D eigenvalue weighted by molar-refractivity contribution is 0.169. The van der Waals surface area contributed by atoms with Crippen LogP contribution in [0.5, 0.6) is 0 Å². The van der Waals surface area contributed by atoms with Gasteiger partial charge in [0.1, 0.15) is 0 Å². The van der Waals surface area contributed by atoms with Crippen molar-refractivity contribution in [1.29, 1.82) is 0 Å². The first-order chi connectivity index (χ1) is 13.2. The number of amides is 2. The van der Waals surface area contributed by atoms with Gasteiger partial charge in [-0.25, -0.2) is 9.78 Å². The topological polar surface area (TPSA) is 100 Å². The Balaban J connectivity index is 1.47. The van der Waals surface area contributed by atoms with Gasteiger partial charge in [0.25, 0.3) is 5.95 Å². The standard InChI is InChI=1S/C20H19N5O2/c26-13-20(10-15-8-4-5-9-16(15)11-20)24-19(27)23-18-22-17(12-21-25-18)14-6-2-1-3-7-14/h1-9,12,26H,10-11,13H2,(H2,22,23,24,25,27). The van der Waals surface area contributed by atoms with E-state index in [1.165, 1.54) is 0 Å². The Hall–Kier alpha value is -3.32. The second-order valence-corrected chi connectivity index (χ2v) is 6.67. The van der Waals surface area contributed by atoms with Crippen LogP contribution in [0.2, 0.25) is 0 Å². The highest BCUT2D eigenvalue weighted by atomic mass is 16.3. The van der Waals surface area contributed by atoms with Crippen molar-refractivity contribution in [2.24, 2.45) is 0 Å². The molecule has 4 rings (SSSR count). The van der Waals surface area contributed by atoms with E-state index in [2.05, 4.69) is 25.8 Å². The maximum atomic E-state index is 12.5. The summed E-state index contributed by atoms with van der Waals surface area (Å²) in [6, 6.07) is 17.0. The molecule has 0 unspecified atom stereocenters. The zero-order valence-corrected chi connectivity index (χ0v) is 14.6. The summed E-state index contributed by atoms with van der Waals surface area (Å²) in [7, 11) is 0. The lowest BCUT2D eigenvalue weighted by Crippen LogP contribution is -2.53. The van der Waals surface area contributed by atoms with Crippen LogP contribution < -0.4 is 10.6 Å². The molecule has 27 heavy (non-hydrogen) atoms. The van der Waals surface area contributed by atoms with E-state index in [-0.39, 0.29) is 12.6 Å². The van der Waals surface area contributed by atoms with Crippen molar-refractivity contribution in [1.82, 2.24) is 20.5 Å². The van der Waals surface area contributed by atoms with E-state index in [1.807, 2.05) is 54.6 Å². The molecule has 0 saturated carbocycles. The van der Waals surface area contributed by atoms with Gasteiger partial charge in [0.2, 0.25) is 0 Å². The summed E-state index contributed by atoms with van der Waals surface area (Å²) in [6.45, 7) is -0.155. The molecule has 0 aliphatic heterocycles. The van der Waals surface area contributed by atoms with Crippen LogP contribution >= 0.6 is 0 Å². The number of benzene rings is 2. The highest BCUT2D eigenvalue weighted by molar-refractivity contribution is 5.88. The largest absolute Gasteiger partial charge is 0.394 e. The van der Waals surface area contributed by atoms with E-state index >= 15 is 0 Å². The number of hydrogen-bond donors (Lipinski definition) is 3. The number of aromatic nitrogens is 3. The van der Waals surface area contributed by atoms with Gasteiger partial charge in [-0.1, -0.05) is 54.6 Å². The van der Waals surface area contributed by atoms with Crippen LogP contribution in [0.1, 0.15) is 11.1 Å². The van der Waals surface area contributed by atoms with Crippen molar-refractivity contribution >= 4 is 12.0 Å². The molecule has 0 atom stereocenters. The molecule has 2 aromatic carbocycles. The summed E-state index contributed by atoms with van der Waals surface area (Å²) >= 11 is 0. The third-order valence-electron chi connectivity index (χ3n) is 4.71. The average molecular weight is 361 g/mol. The number of aliphatic hydroxyl groups is 1. The number of nitrogens with one attached hydrogen (secondary N) is 2. The molecule has 7 heteroatoms. The minimum absolute atomic E-state index is 0.109. The maximum Gasteiger partial charge on any atom is 0.322 e. The summed E-state index contributed by atoms with van der Waals surface area (Å²) in [6.07, 6.45) is 2.70. The van der Waals surface area contributed by atoms with Gasteiger partial charge in [0, 0.05) is 5.56 Å². The Morgan fingerprint density at radius 1 is 1.04 bits per heavy atom. The first kappa shape index (κ1) is 17.1. The Morgan fingerprint density at radius 2 is 1.70 bits per heavy atom. The summed E-state index contributed by atoms with van der Waals surface area (Å²) < 4.78 is 0. The fourth-order valence-electron chi connectivity index (χ4n) is 3.41. The lowest BCUT2D eigenvalue weighted by Gasteiger charge is -2.27. The molecule has 1 aromatic heterocycles. The predicted molar refractivity (Wildman–Crippen MR) is 101 cm³/mol. The van der Waals surface area contributed by atoms with Crippen molar-refractivity contribution in [3.63, 3.8) is 0 Å². The molecule has 1 aliphatic carbocycles. The highest BCUT2D eigenvalue weighted by Gasteiger charge is 2.38. The molecule has 2 amide bonds. The summed E-state index contributed by atoms with van der Waals surface area (Å²) in [5.74, 6) is 0.109. The summed E-state index contributed by atoms with van der Waals surface area (Å²) in [4.78, 5) is 16.8. The molecule has 136 valence electrons. The van der Waals surface area contributed by atoms with Crippen LogP contribution in [-0.4, -0.2) is 38.5 Å². The Morgan fingerprint density at radius 3 is 2.37 bits per heavy atom. The fourth-order valence-corrected chi connectivity index (χ4v) is 3.41. The summed E-state index contributed by atoms with van der Waals surface area (Å²) in [5, 5.41) is 23.2. The van der Waals surface area contributed by atoms with E-state index in [0.717, 1.165) is 16.7 Å². The molecule has 0 radical (unpaired) electrons. The monoisotopic (exact) mass is 361 g/mol. The van der Waals surface area contributed by atoms with Crippen LogP contribution in [0, 0.1) is 0 Å². The first-order valence-corrected chi connectivity index (χ1v) is 8.69. The van der Waals surface area contributed by atoms with Crippen molar-refractivity contribution in [2.45, 2.75) is 18.4 Å². The second kappa shape index (κ2) is 7.13. The first-order valence-electron chi connectivity index (χ1n) is 8.69. The van der Waals surface area contributed by atoms with Gasteiger partial charge >= 0.3 is 6.03 Å². The number of hydrogen-bond acceptors (Lipinski definition) is 5. The molecule has 3 aromatic rings. The van der Waals surface area contributed by atoms with E-state index < -0.39 is 11.6 Å². The molecule has 1 aliphatic rings. The molecule has 0 saturated heterocycles. The minimum Gasteiger partial charge on any atom is -0.394 e. The predicted octanol–water partition coefficient (Wildman–Crippen LogP) is 2.19. The van der Waals surface area contributed by atoms with E-state index in [9.17, 15) is 9.90 Å². The second-order valence-electron chi connectivity index (χ2n) is 6.67. The van der Waals surface area contributed by atoms with Gasteiger partial charge in [-0.2, -0.15) is 5.10 Å². The average Bonchev–Trinajstić information content (AvgIpc) is 3.07. The van der Waals surface area contributed by atoms with Crippen molar-refractivity contribution in [2.75, 3.05) is 11.9 Å².